The fourth-order valence-electron chi connectivity index (χ4n) is 1.88. The van der Waals surface area contributed by atoms with Crippen LogP contribution in [0.1, 0.15) is 12.6 Å². The Kier molecular flexibility index (Phi) is 5.07. The van der Waals surface area contributed by atoms with Gasteiger partial charge in [-0.1, -0.05) is 0 Å². The summed E-state index contributed by atoms with van der Waals surface area (Å²) >= 11 is 1.05. The molecule has 8 nitrogen and oxygen atoms in total. The number of nitrogens with one attached hydrogen (secondary N) is 2. The molecule has 0 aliphatic rings. The first-order chi connectivity index (χ1) is 11.1. The van der Waals surface area contributed by atoms with E-state index < -0.39 is 5.91 Å². The first kappa shape index (κ1) is 16.2. The maximum atomic E-state index is 12.4. The maximum absolute atomic E-state index is 12.4. The van der Waals surface area contributed by atoms with E-state index in [1.807, 2.05) is 6.07 Å². The van der Waals surface area contributed by atoms with Crippen LogP contribution in [0.5, 0.6) is 0 Å². The van der Waals surface area contributed by atoms with Crippen molar-refractivity contribution >= 4 is 28.9 Å². The molecule has 2 rings (SSSR count). The van der Waals surface area contributed by atoms with Gasteiger partial charge in [-0.3, -0.25) is 14.2 Å². The molecular weight excluding hydrogens is 316 g/mol. The number of amides is 1. The monoisotopic (exact) mass is 328 g/mol. The fourth-order valence-corrected chi connectivity index (χ4v) is 3.04. The Bertz CT molecular complexity index is 969. The van der Waals surface area contributed by atoms with Crippen molar-refractivity contribution in [1.29, 1.82) is 10.5 Å². The number of hydrogen-bond donors (Lipinski definition) is 2. The van der Waals surface area contributed by atoms with Gasteiger partial charge in [-0.2, -0.15) is 10.5 Å². The number of imidazole rings is 1. The van der Waals surface area contributed by atoms with Gasteiger partial charge in [0.15, 0.2) is 5.57 Å². The van der Waals surface area contributed by atoms with Gasteiger partial charge in [-0.05, 0) is 13.0 Å². The van der Waals surface area contributed by atoms with Crippen LogP contribution in [0.4, 0.5) is 0 Å². The number of carbonyl (C=O) groups is 1. The SMILES string of the molecule is CCn1c(=C(C#N)C(=O)NCC#N)sc(=Cc2cnc[nH]2)c1=O. The third-order valence-corrected chi connectivity index (χ3v) is 4.04. The van der Waals surface area contributed by atoms with Crippen LogP contribution in [0.3, 0.4) is 0 Å². The zero-order valence-electron chi connectivity index (χ0n) is 12.2. The molecule has 2 aromatic heterocycles. The van der Waals surface area contributed by atoms with Crippen molar-refractivity contribution in [2.45, 2.75) is 13.5 Å². The van der Waals surface area contributed by atoms with Gasteiger partial charge in [-0.25, -0.2) is 4.98 Å². The molecule has 0 spiro atoms. The highest BCUT2D eigenvalue weighted by Gasteiger charge is 2.14. The molecule has 23 heavy (non-hydrogen) atoms. The molecule has 9 heteroatoms. The van der Waals surface area contributed by atoms with E-state index >= 15 is 0 Å². The Labute approximate surface area is 134 Å². The summed E-state index contributed by atoms with van der Waals surface area (Å²) in [5, 5.41) is 20.1. The van der Waals surface area contributed by atoms with E-state index in [0.717, 1.165) is 11.3 Å². The molecule has 2 aromatic rings. The molecule has 2 N–H and O–H groups in total. The van der Waals surface area contributed by atoms with Gasteiger partial charge in [0.2, 0.25) is 0 Å². The summed E-state index contributed by atoms with van der Waals surface area (Å²) in [6, 6.07) is 3.58. The smallest absolute Gasteiger partial charge is 0.269 e. The first-order valence-electron chi connectivity index (χ1n) is 6.61. The molecule has 0 atom stereocenters. The van der Waals surface area contributed by atoms with E-state index in [4.69, 9.17) is 5.26 Å². The van der Waals surface area contributed by atoms with Crippen molar-refractivity contribution in [2.75, 3.05) is 6.54 Å². The Balaban J connectivity index is 2.70. The highest BCUT2D eigenvalue weighted by molar-refractivity contribution is 7.07. The second kappa shape index (κ2) is 7.20. The van der Waals surface area contributed by atoms with Gasteiger partial charge in [0.1, 0.15) is 17.3 Å². The molecule has 0 aliphatic carbocycles. The number of nitriles is 2. The fraction of sp³-hybridized carbons (Fsp3) is 0.214. The summed E-state index contributed by atoms with van der Waals surface area (Å²) in [7, 11) is 0. The number of aromatic nitrogens is 3. The van der Waals surface area contributed by atoms with Crippen molar-refractivity contribution in [3.63, 3.8) is 0 Å². The number of aromatic amines is 1. The van der Waals surface area contributed by atoms with Crippen LogP contribution >= 0.6 is 11.3 Å². The Morgan fingerprint density at radius 2 is 2.35 bits per heavy atom. The molecule has 0 saturated carbocycles. The van der Waals surface area contributed by atoms with Crippen molar-refractivity contribution < 1.29 is 4.79 Å². The van der Waals surface area contributed by atoms with Crippen LogP contribution in [-0.4, -0.2) is 27.0 Å². The summed E-state index contributed by atoms with van der Waals surface area (Å²) in [5.41, 5.74) is 0.169. The normalized spacial score (nSPS) is 12.4. The van der Waals surface area contributed by atoms with Crippen LogP contribution in [0.25, 0.3) is 11.6 Å². The van der Waals surface area contributed by atoms with Gasteiger partial charge < -0.3 is 10.3 Å². The third kappa shape index (κ3) is 3.36. The first-order valence-corrected chi connectivity index (χ1v) is 7.43. The van der Waals surface area contributed by atoms with Gasteiger partial charge in [0, 0.05) is 6.54 Å². The third-order valence-electron chi connectivity index (χ3n) is 2.91. The number of nitrogens with zero attached hydrogens (tertiary/aromatic N) is 4. The lowest BCUT2D eigenvalue weighted by Crippen LogP contribution is -2.34. The highest BCUT2D eigenvalue weighted by Crippen LogP contribution is 1.94. The van der Waals surface area contributed by atoms with Crippen LogP contribution in [0.15, 0.2) is 17.3 Å². The largest absolute Gasteiger partial charge is 0.345 e. The van der Waals surface area contributed by atoms with E-state index in [1.165, 1.54) is 10.9 Å². The van der Waals surface area contributed by atoms with E-state index in [9.17, 15) is 14.9 Å². The Morgan fingerprint density at radius 3 is 2.91 bits per heavy atom. The van der Waals surface area contributed by atoms with Crippen LogP contribution in [0, 0.1) is 22.7 Å². The number of thiazole rings is 1. The van der Waals surface area contributed by atoms with E-state index in [1.54, 1.807) is 25.3 Å². The number of carbonyl (C=O) groups excluding carboxylic acids is 1. The van der Waals surface area contributed by atoms with Crippen molar-refractivity contribution in [1.82, 2.24) is 19.9 Å². The summed E-state index contributed by atoms with van der Waals surface area (Å²) < 4.78 is 2.00. The van der Waals surface area contributed by atoms with Crippen LogP contribution in [0.2, 0.25) is 0 Å². The Hall–Kier alpha value is -3.17. The molecule has 116 valence electrons. The second-order valence-electron chi connectivity index (χ2n) is 4.30. The molecule has 0 fully saturated rings. The summed E-state index contributed by atoms with van der Waals surface area (Å²) in [5.74, 6) is -0.675. The number of hydrogen-bond acceptors (Lipinski definition) is 6. The molecule has 0 radical (unpaired) electrons. The minimum Gasteiger partial charge on any atom is -0.345 e. The average Bonchev–Trinajstić information content (AvgIpc) is 3.15. The number of H-pyrrole nitrogens is 1. The van der Waals surface area contributed by atoms with Gasteiger partial charge >= 0.3 is 0 Å². The molecule has 0 aromatic carbocycles. The molecule has 0 aliphatic heterocycles. The average molecular weight is 328 g/mol. The van der Waals surface area contributed by atoms with Crippen LogP contribution in [-0.2, 0) is 11.3 Å². The summed E-state index contributed by atoms with van der Waals surface area (Å²) in [4.78, 5) is 31.1. The van der Waals surface area contributed by atoms with Gasteiger partial charge in [0.05, 0.1) is 28.8 Å². The topological polar surface area (TPSA) is 127 Å². The summed E-state index contributed by atoms with van der Waals surface area (Å²) in [6.45, 7) is 1.86. The highest BCUT2D eigenvalue weighted by atomic mass is 32.1. The predicted molar refractivity (Wildman–Crippen MR) is 83.3 cm³/mol. The predicted octanol–water partition coefficient (Wildman–Crippen LogP) is -1.20. The lowest BCUT2D eigenvalue weighted by atomic mass is 10.3. The quantitative estimate of drug-likeness (QED) is 0.681. The standard InChI is InChI=1S/C14H12N6O2S/c1-2-20-13(22)11(5-9-7-17-8-19-9)23-14(20)10(6-16)12(21)18-4-3-15/h5,7-8H,2,4H2,1H3,(H,17,19)(H,18,21). The molecule has 1 amide bonds. The second-order valence-corrected chi connectivity index (χ2v) is 5.33. The lowest BCUT2D eigenvalue weighted by molar-refractivity contribution is -0.115. The minimum atomic E-state index is -0.675. The zero-order valence-corrected chi connectivity index (χ0v) is 13.0. The van der Waals surface area contributed by atoms with E-state index in [0.29, 0.717) is 16.8 Å². The minimum absolute atomic E-state index is 0.187. The number of rotatable bonds is 4. The maximum Gasteiger partial charge on any atom is 0.269 e. The molecule has 0 unspecified atom stereocenters. The molecule has 0 bridgehead atoms. The van der Waals surface area contributed by atoms with Crippen molar-refractivity contribution in [3.05, 3.63) is 37.8 Å². The molecule has 0 saturated heterocycles. The van der Waals surface area contributed by atoms with Gasteiger partial charge in [-0.15, -0.1) is 11.3 Å². The Morgan fingerprint density at radius 1 is 1.57 bits per heavy atom. The molecule has 2 heterocycles. The van der Waals surface area contributed by atoms with Crippen molar-refractivity contribution in [2.24, 2.45) is 0 Å². The van der Waals surface area contributed by atoms with Crippen molar-refractivity contribution in [3.8, 4) is 12.1 Å². The van der Waals surface area contributed by atoms with E-state index in [-0.39, 0.29) is 22.3 Å². The van der Waals surface area contributed by atoms with E-state index in [2.05, 4.69) is 15.3 Å². The van der Waals surface area contributed by atoms with Crippen LogP contribution < -0.4 is 20.1 Å². The van der Waals surface area contributed by atoms with Gasteiger partial charge in [0.25, 0.3) is 11.5 Å². The zero-order chi connectivity index (χ0) is 16.8. The lowest BCUT2D eigenvalue weighted by Gasteiger charge is -1.99. The molecular formula is C14H12N6O2S. The summed E-state index contributed by atoms with van der Waals surface area (Å²) in [6.07, 6.45) is 4.66.